The fourth-order valence-electron chi connectivity index (χ4n) is 3.48. The number of hydrogen-bond donors (Lipinski definition) is 3. The highest BCUT2D eigenvalue weighted by molar-refractivity contribution is 5.85. The maximum absolute atomic E-state index is 11.8. The Kier molecular flexibility index (Phi) is 7.28. The van der Waals surface area contributed by atoms with Crippen molar-refractivity contribution in [1.82, 2.24) is 4.90 Å². The van der Waals surface area contributed by atoms with Gasteiger partial charge in [0.05, 0.1) is 6.61 Å². The molecule has 0 radical (unpaired) electrons. The molecule has 7 nitrogen and oxygen atoms in total. The zero-order valence-corrected chi connectivity index (χ0v) is 15.6. The number of aliphatic hydroxyl groups excluding tert-OH is 1. The highest BCUT2D eigenvalue weighted by Gasteiger charge is 2.34. The van der Waals surface area contributed by atoms with E-state index >= 15 is 0 Å². The molecule has 1 aromatic carbocycles. The van der Waals surface area contributed by atoms with Crippen LogP contribution in [0.4, 0.5) is 5.69 Å². The molecule has 26 heavy (non-hydrogen) atoms. The average molecular weight is 384 g/mol. The van der Waals surface area contributed by atoms with Crippen LogP contribution >= 0.6 is 12.4 Å². The Morgan fingerprint density at radius 1 is 1.42 bits per heavy atom. The summed E-state index contributed by atoms with van der Waals surface area (Å²) >= 11 is 0. The van der Waals surface area contributed by atoms with Gasteiger partial charge in [-0.25, -0.2) is 0 Å². The fraction of sp³-hybridized carbons (Fsp3) is 0.500. The summed E-state index contributed by atoms with van der Waals surface area (Å²) in [6, 6.07) is 5.62. The number of hydrogen-bond acceptors (Lipinski definition) is 6. The Morgan fingerprint density at radius 3 is 2.73 bits per heavy atom. The van der Waals surface area contributed by atoms with E-state index in [2.05, 4.69) is 5.32 Å². The van der Waals surface area contributed by atoms with Crippen LogP contribution in [0.5, 0.6) is 0 Å². The van der Waals surface area contributed by atoms with E-state index in [1.807, 2.05) is 30.0 Å². The number of likely N-dealkylation sites (tertiary alicyclic amines) is 1. The Morgan fingerprint density at radius 2 is 2.15 bits per heavy atom. The number of aliphatic hydroxyl groups is 1. The van der Waals surface area contributed by atoms with E-state index in [4.69, 9.17) is 15.5 Å². The highest BCUT2D eigenvalue weighted by Crippen LogP contribution is 2.26. The maximum atomic E-state index is 11.8. The van der Waals surface area contributed by atoms with Crippen LogP contribution in [0.1, 0.15) is 24.0 Å². The van der Waals surface area contributed by atoms with Gasteiger partial charge in [0.2, 0.25) is 5.91 Å². The summed E-state index contributed by atoms with van der Waals surface area (Å²) in [5, 5.41) is 13.1. The van der Waals surface area contributed by atoms with E-state index < -0.39 is 11.9 Å². The number of benzene rings is 1. The number of aryl methyl sites for hydroxylation is 1. The standard InChI is InChI=1S/C18H25N3O4.ClH/c1-12-3-2-4-13(11-22)16(12)20-14-5-8-21(9-6-14)17(18(19)23)15-7-10-24-25-15;/h2-4,7,14,17,20,22H,5-6,8-11H2,1H3,(H2,19,23);1H. The van der Waals surface area contributed by atoms with Crippen LogP contribution in [0.2, 0.25) is 0 Å². The van der Waals surface area contributed by atoms with E-state index in [-0.39, 0.29) is 25.1 Å². The van der Waals surface area contributed by atoms with Crippen LogP contribution in [0, 0.1) is 6.92 Å². The monoisotopic (exact) mass is 383 g/mol. The molecule has 0 aromatic heterocycles. The molecule has 0 aliphatic carbocycles. The third kappa shape index (κ3) is 4.48. The molecule has 0 saturated carbocycles. The van der Waals surface area contributed by atoms with Gasteiger partial charge in [0.1, 0.15) is 6.61 Å². The minimum Gasteiger partial charge on any atom is -0.392 e. The molecule has 3 rings (SSSR count). The van der Waals surface area contributed by atoms with Gasteiger partial charge in [-0.3, -0.25) is 9.69 Å². The molecule has 1 amide bonds. The Hall–Kier alpha value is -1.80. The van der Waals surface area contributed by atoms with Crippen LogP contribution in [-0.2, 0) is 21.2 Å². The van der Waals surface area contributed by atoms with Gasteiger partial charge < -0.3 is 21.0 Å². The third-order valence-electron chi connectivity index (χ3n) is 4.82. The van der Waals surface area contributed by atoms with Crippen molar-refractivity contribution < 1.29 is 19.7 Å². The number of nitrogens with one attached hydrogen (secondary N) is 1. The zero-order chi connectivity index (χ0) is 17.8. The number of primary amides is 1. The van der Waals surface area contributed by atoms with Crippen molar-refractivity contribution in [1.29, 1.82) is 0 Å². The van der Waals surface area contributed by atoms with Gasteiger partial charge in [0, 0.05) is 30.4 Å². The van der Waals surface area contributed by atoms with Crippen molar-refractivity contribution in [3.05, 3.63) is 41.2 Å². The molecule has 1 saturated heterocycles. The number of carbonyl (C=O) groups excluding carboxylic acids is 1. The van der Waals surface area contributed by atoms with E-state index in [1.54, 1.807) is 6.08 Å². The Bertz CT molecular complexity index is 660. The molecule has 0 bridgehead atoms. The van der Waals surface area contributed by atoms with Gasteiger partial charge in [-0.1, -0.05) is 18.2 Å². The SMILES string of the molecule is Cc1cccc(CO)c1NC1CCN(C(C(N)=O)C2=CCOO2)CC1.Cl. The summed E-state index contributed by atoms with van der Waals surface area (Å²) in [7, 11) is 0. The van der Waals surface area contributed by atoms with Crippen LogP contribution in [0.3, 0.4) is 0 Å². The molecule has 1 fully saturated rings. The van der Waals surface area contributed by atoms with Gasteiger partial charge in [0.15, 0.2) is 11.8 Å². The summed E-state index contributed by atoms with van der Waals surface area (Å²) in [5.74, 6) is 0.0602. The zero-order valence-electron chi connectivity index (χ0n) is 14.8. The summed E-state index contributed by atoms with van der Waals surface area (Å²) in [6.07, 6.45) is 3.49. The molecule has 8 heteroatoms. The number of piperidine rings is 1. The van der Waals surface area contributed by atoms with Gasteiger partial charge in [-0.2, -0.15) is 4.89 Å². The van der Waals surface area contributed by atoms with Gasteiger partial charge in [-0.05, 0) is 31.4 Å². The first-order valence-corrected chi connectivity index (χ1v) is 8.59. The fourth-order valence-corrected chi connectivity index (χ4v) is 3.48. The molecule has 1 aromatic rings. The van der Waals surface area contributed by atoms with Crippen molar-refractivity contribution in [2.24, 2.45) is 5.73 Å². The van der Waals surface area contributed by atoms with Crippen molar-refractivity contribution >= 4 is 24.0 Å². The van der Waals surface area contributed by atoms with Crippen molar-refractivity contribution in [3.63, 3.8) is 0 Å². The molecule has 2 aliphatic rings. The quantitative estimate of drug-likeness (QED) is 0.644. The number of rotatable bonds is 6. The Labute approximate surface area is 159 Å². The number of carbonyl (C=O) groups is 1. The molecule has 0 spiro atoms. The second-order valence-electron chi connectivity index (χ2n) is 6.50. The van der Waals surface area contributed by atoms with Gasteiger partial charge in [-0.15, -0.1) is 12.4 Å². The smallest absolute Gasteiger partial charge is 0.242 e. The maximum Gasteiger partial charge on any atom is 0.242 e. The highest BCUT2D eigenvalue weighted by atomic mass is 35.5. The van der Waals surface area contributed by atoms with Crippen molar-refractivity contribution in [3.8, 4) is 0 Å². The number of nitrogens with zero attached hydrogens (tertiary/aromatic N) is 1. The summed E-state index contributed by atoms with van der Waals surface area (Å²) in [4.78, 5) is 23.8. The largest absolute Gasteiger partial charge is 0.392 e. The molecule has 4 N–H and O–H groups in total. The first kappa shape index (κ1) is 20.5. The van der Waals surface area contributed by atoms with Crippen LogP contribution in [-0.4, -0.2) is 47.7 Å². The Balaban J connectivity index is 0.00000243. The topological polar surface area (TPSA) is 97.1 Å². The minimum absolute atomic E-state index is 0. The van der Waals surface area contributed by atoms with Crippen LogP contribution < -0.4 is 11.1 Å². The lowest BCUT2D eigenvalue weighted by molar-refractivity contribution is -0.240. The van der Waals surface area contributed by atoms with E-state index in [9.17, 15) is 9.90 Å². The molecule has 1 unspecified atom stereocenters. The van der Waals surface area contributed by atoms with E-state index in [0.29, 0.717) is 12.4 Å². The van der Waals surface area contributed by atoms with Crippen LogP contribution in [0.25, 0.3) is 0 Å². The molecule has 2 heterocycles. The summed E-state index contributed by atoms with van der Waals surface area (Å²) < 4.78 is 0. The number of para-hydroxylation sites is 1. The lowest BCUT2D eigenvalue weighted by Gasteiger charge is -2.36. The molecule has 1 atom stereocenters. The number of anilines is 1. The van der Waals surface area contributed by atoms with Gasteiger partial charge >= 0.3 is 0 Å². The van der Waals surface area contributed by atoms with Crippen molar-refractivity contribution in [2.75, 3.05) is 25.0 Å². The lowest BCUT2D eigenvalue weighted by atomic mass is 10.00. The molecular weight excluding hydrogens is 358 g/mol. The van der Waals surface area contributed by atoms with Crippen molar-refractivity contribution in [2.45, 2.75) is 38.5 Å². The lowest BCUT2D eigenvalue weighted by Crippen LogP contribution is -2.51. The van der Waals surface area contributed by atoms with E-state index in [0.717, 1.165) is 42.7 Å². The predicted octanol–water partition coefficient (Wildman–Crippen LogP) is 1.49. The average Bonchev–Trinajstić information content (AvgIpc) is 3.12. The summed E-state index contributed by atoms with van der Waals surface area (Å²) in [5.41, 5.74) is 8.59. The number of amides is 1. The third-order valence-corrected chi connectivity index (χ3v) is 4.82. The first-order chi connectivity index (χ1) is 12.1. The normalized spacial score (nSPS) is 19.2. The molecule has 144 valence electrons. The second-order valence-corrected chi connectivity index (χ2v) is 6.50. The second kappa shape index (κ2) is 9.23. The van der Waals surface area contributed by atoms with Crippen LogP contribution in [0.15, 0.2) is 30.0 Å². The molecule has 2 aliphatic heterocycles. The minimum atomic E-state index is -0.574. The predicted molar refractivity (Wildman–Crippen MR) is 101 cm³/mol. The number of nitrogens with two attached hydrogens (primary N) is 1. The molecular formula is C18H26ClN3O4. The van der Waals surface area contributed by atoms with Gasteiger partial charge in [0.25, 0.3) is 0 Å². The first-order valence-electron chi connectivity index (χ1n) is 8.59. The summed E-state index contributed by atoms with van der Waals surface area (Å²) in [6.45, 7) is 3.84. The van der Waals surface area contributed by atoms with E-state index in [1.165, 1.54) is 0 Å². The number of halogens is 1.